The molecule has 0 aliphatic carbocycles. The lowest BCUT2D eigenvalue weighted by molar-refractivity contribution is -0.120. The molecule has 0 radical (unpaired) electrons. The van der Waals surface area contributed by atoms with E-state index in [9.17, 15) is 13.2 Å². The Morgan fingerprint density at radius 3 is 2.48 bits per heavy atom. The molecule has 3 rings (SSSR count). The molecule has 1 aliphatic rings. The van der Waals surface area contributed by atoms with Gasteiger partial charge in [-0.3, -0.25) is 4.79 Å². The summed E-state index contributed by atoms with van der Waals surface area (Å²) in [5.41, 5.74) is 0. The molecule has 2 aromatic rings. The largest absolute Gasteiger partial charge is 0.360 e. The van der Waals surface area contributed by atoms with Crippen molar-refractivity contribution in [3.63, 3.8) is 0 Å². The lowest BCUT2D eigenvalue weighted by Gasteiger charge is -2.30. The fourth-order valence-corrected chi connectivity index (χ4v) is 4.36. The molecule has 7 nitrogen and oxygen atoms in total. The van der Waals surface area contributed by atoms with Gasteiger partial charge >= 0.3 is 0 Å². The van der Waals surface area contributed by atoms with Crippen LogP contribution in [0.5, 0.6) is 0 Å². The predicted octanol–water partition coefficient (Wildman–Crippen LogP) is 2.68. The monoisotopic (exact) mass is 383 g/mol. The molecule has 1 amide bonds. The number of hydrogen-bond donors (Lipinski definition) is 1. The SMILES string of the molecule is Cc1cc(NC(=O)C2CCN(S(=O)(=O)c3ccc(Cl)cc3)CC2)no1. The van der Waals surface area contributed by atoms with Gasteiger partial charge in [-0.25, -0.2) is 8.42 Å². The summed E-state index contributed by atoms with van der Waals surface area (Å²) in [7, 11) is -3.57. The van der Waals surface area contributed by atoms with Crippen molar-refractivity contribution in [1.82, 2.24) is 9.46 Å². The number of halogens is 1. The molecule has 1 saturated heterocycles. The van der Waals surface area contributed by atoms with E-state index in [1.165, 1.54) is 16.4 Å². The van der Waals surface area contributed by atoms with Crippen LogP contribution in [0.2, 0.25) is 5.02 Å². The second kappa shape index (κ2) is 7.15. The van der Waals surface area contributed by atoms with Crippen LogP contribution in [0.3, 0.4) is 0 Å². The van der Waals surface area contributed by atoms with Crippen LogP contribution < -0.4 is 5.32 Å². The van der Waals surface area contributed by atoms with E-state index in [1.54, 1.807) is 25.1 Å². The van der Waals surface area contributed by atoms with Gasteiger partial charge in [0.25, 0.3) is 0 Å². The number of carbonyl (C=O) groups is 1. The Labute approximate surface area is 151 Å². The van der Waals surface area contributed by atoms with E-state index < -0.39 is 10.0 Å². The molecule has 25 heavy (non-hydrogen) atoms. The summed E-state index contributed by atoms with van der Waals surface area (Å²) in [6, 6.07) is 7.72. The van der Waals surface area contributed by atoms with Gasteiger partial charge in [-0.2, -0.15) is 4.31 Å². The van der Waals surface area contributed by atoms with Crippen LogP contribution in [0.15, 0.2) is 39.8 Å². The summed E-state index contributed by atoms with van der Waals surface area (Å²) in [5.74, 6) is 0.559. The highest BCUT2D eigenvalue weighted by Crippen LogP contribution is 2.25. The molecule has 0 bridgehead atoms. The van der Waals surface area contributed by atoms with E-state index in [-0.39, 0.29) is 16.7 Å². The Bertz CT molecular complexity index is 856. The molecular weight excluding hydrogens is 366 g/mol. The highest BCUT2D eigenvalue weighted by molar-refractivity contribution is 7.89. The van der Waals surface area contributed by atoms with Crippen LogP contribution in [0.4, 0.5) is 5.82 Å². The molecule has 2 heterocycles. The van der Waals surface area contributed by atoms with Gasteiger partial charge in [0.05, 0.1) is 4.90 Å². The van der Waals surface area contributed by atoms with E-state index in [0.717, 1.165) is 0 Å². The first-order chi connectivity index (χ1) is 11.9. The van der Waals surface area contributed by atoms with E-state index in [4.69, 9.17) is 16.1 Å². The van der Waals surface area contributed by atoms with Crippen LogP contribution in [-0.2, 0) is 14.8 Å². The maximum absolute atomic E-state index is 12.6. The molecule has 0 saturated carbocycles. The molecule has 1 aromatic carbocycles. The molecule has 1 fully saturated rings. The number of hydrogen-bond acceptors (Lipinski definition) is 5. The fourth-order valence-electron chi connectivity index (χ4n) is 2.77. The number of carbonyl (C=O) groups excluding carboxylic acids is 1. The van der Waals surface area contributed by atoms with Gasteiger partial charge in [0.1, 0.15) is 5.76 Å². The van der Waals surface area contributed by atoms with Gasteiger partial charge in [-0.15, -0.1) is 0 Å². The maximum Gasteiger partial charge on any atom is 0.243 e. The summed E-state index contributed by atoms with van der Waals surface area (Å²) in [5, 5.41) is 6.91. The highest BCUT2D eigenvalue weighted by Gasteiger charge is 2.32. The summed E-state index contributed by atoms with van der Waals surface area (Å²) in [6.45, 7) is 2.32. The van der Waals surface area contributed by atoms with Crippen molar-refractivity contribution in [3.05, 3.63) is 41.1 Å². The summed E-state index contributed by atoms with van der Waals surface area (Å²) in [4.78, 5) is 12.5. The minimum Gasteiger partial charge on any atom is -0.360 e. The zero-order valence-electron chi connectivity index (χ0n) is 13.6. The summed E-state index contributed by atoms with van der Waals surface area (Å²) in [6.07, 6.45) is 0.908. The lowest BCUT2D eigenvalue weighted by atomic mass is 9.97. The third kappa shape index (κ3) is 4.02. The Hall–Kier alpha value is -1.90. The van der Waals surface area contributed by atoms with Gasteiger partial charge in [0.2, 0.25) is 15.9 Å². The predicted molar refractivity (Wildman–Crippen MR) is 92.8 cm³/mol. The number of nitrogens with one attached hydrogen (secondary N) is 1. The molecule has 1 N–H and O–H groups in total. The Balaban J connectivity index is 1.61. The van der Waals surface area contributed by atoms with Crippen molar-refractivity contribution in [3.8, 4) is 0 Å². The summed E-state index contributed by atoms with van der Waals surface area (Å²) >= 11 is 5.80. The molecule has 0 unspecified atom stereocenters. The number of aryl methyl sites for hydroxylation is 1. The summed E-state index contributed by atoms with van der Waals surface area (Å²) < 4.78 is 31.6. The van der Waals surface area contributed by atoms with Gasteiger partial charge < -0.3 is 9.84 Å². The fraction of sp³-hybridized carbons (Fsp3) is 0.375. The number of anilines is 1. The second-order valence-corrected chi connectivity index (χ2v) is 8.32. The van der Waals surface area contributed by atoms with Gasteiger partial charge in [0, 0.05) is 30.1 Å². The van der Waals surface area contributed by atoms with Crippen LogP contribution in [0.25, 0.3) is 0 Å². The first kappa shape index (κ1) is 17.9. The van der Waals surface area contributed by atoms with Crippen molar-refractivity contribution in [2.24, 2.45) is 5.92 Å². The van der Waals surface area contributed by atoms with E-state index in [1.807, 2.05) is 0 Å². The number of benzene rings is 1. The molecule has 0 spiro atoms. The second-order valence-electron chi connectivity index (χ2n) is 5.94. The third-order valence-electron chi connectivity index (χ3n) is 4.16. The van der Waals surface area contributed by atoms with Crippen LogP contribution in [0, 0.1) is 12.8 Å². The lowest BCUT2D eigenvalue weighted by Crippen LogP contribution is -2.41. The minimum atomic E-state index is -3.57. The van der Waals surface area contributed by atoms with Crippen LogP contribution in [-0.4, -0.2) is 36.9 Å². The number of sulfonamides is 1. The molecule has 1 aliphatic heterocycles. The van der Waals surface area contributed by atoms with Gasteiger partial charge in [-0.1, -0.05) is 16.8 Å². The van der Waals surface area contributed by atoms with E-state index >= 15 is 0 Å². The Morgan fingerprint density at radius 1 is 1.28 bits per heavy atom. The molecule has 134 valence electrons. The number of rotatable bonds is 4. The number of aromatic nitrogens is 1. The topological polar surface area (TPSA) is 92.5 Å². The Morgan fingerprint density at radius 2 is 1.92 bits per heavy atom. The van der Waals surface area contributed by atoms with Crippen molar-refractivity contribution in [2.45, 2.75) is 24.7 Å². The first-order valence-corrected chi connectivity index (χ1v) is 9.68. The van der Waals surface area contributed by atoms with Crippen LogP contribution in [0.1, 0.15) is 18.6 Å². The number of nitrogens with zero attached hydrogens (tertiary/aromatic N) is 2. The quantitative estimate of drug-likeness (QED) is 0.876. The van der Waals surface area contributed by atoms with Crippen molar-refractivity contribution in [1.29, 1.82) is 0 Å². The number of piperidine rings is 1. The molecular formula is C16H18ClN3O4S. The molecule has 9 heteroatoms. The highest BCUT2D eigenvalue weighted by atomic mass is 35.5. The van der Waals surface area contributed by atoms with Gasteiger partial charge in [-0.05, 0) is 44.0 Å². The van der Waals surface area contributed by atoms with Crippen molar-refractivity contribution in [2.75, 3.05) is 18.4 Å². The van der Waals surface area contributed by atoms with Crippen molar-refractivity contribution >= 4 is 33.3 Å². The Kier molecular flexibility index (Phi) is 5.12. The average molecular weight is 384 g/mol. The average Bonchev–Trinajstić information content (AvgIpc) is 3.00. The zero-order chi connectivity index (χ0) is 18.0. The third-order valence-corrected chi connectivity index (χ3v) is 6.32. The van der Waals surface area contributed by atoms with Gasteiger partial charge in [0.15, 0.2) is 5.82 Å². The van der Waals surface area contributed by atoms with Crippen molar-refractivity contribution < 1.29 is 17.7 Å². The van der Waals surface area contributed by atoms with Crippen LogP contribution >= 0.6 is 11.6 Å². The molecule has 0 atom stereocenters. The minimum absolute atomic E-state index is 0.170. The van der Waals surface area contributed by atoms with E-state index in [0.29, 0.717) is 42.5 Å². The maximum atomic E-state index is 12.6. The van der Waals surface area contributed by atoms with E-state index in [2.05, 4.69) is 10.5 Å². The smallest absolute Gasteiger partial charge is 0.243 e. The number of amides is 1. The molecule has 1 aromatic heterocycles. The standard InChI is InChI=1S/C16H18ClN3O4S/c1-11-10-15(19-24-11)18-16(21)12-6-8-20(9-7-12)25(22,23)14-4-2-13(17)3-5-14/h2-5,10,12H,6-9H2,1H3,(H,18,19,21). The normalized spacial score (nSPS) is 16.7. The zero-order valence-corrected chi connectivity index (χ0v) is 15.2. The first-order valence-electron chi connectivity index (χ1n) is 7.86.